The molecule has 0 aromatic rings. The smallest absolute Gasteiger partial charge is 0.362 e. The fourth-order valence-electron chi connectivity index (χ4n) is 1.29. The van der Waals surface area contributed by atoms with Crippen molar-refractivity contribution in [1.82, 2.24) is 0 Å². The highest BCUT2D eigenvalue weighted by molar-refractivity contribution is 7.86. The lowest BCUT2D eigenvalue weighted by Crippen LogP contribution is -2.50. The molecule has 0 saturated carbocycles. The van der Waals surface area contributed by atoms with Crippen LogP contribution in [-0.4, -0.2) is 66.3 Å². The number of aliphatic carboxylic acids is 1. The third-order valence-corrected chi connectivity index (χ3v) is 3.17. The van der Waals surface area contributed by atoms with Gasteiger partial charge in [-0.25, -0.2) is 4.79 Å². The largest absolute Gasteiger partial charge is 0.477 e. The Morgan fingerprint density at radius 3 is 1.94 bits per heavy atom. The summed E-state index contributed by atoms with van der Waals surface area (Å²) in [6, 6.07) is -0.837. The number of rotatable bonds is 6. The van der Waals surface area contributed by atoms with E-state index in [4.69, 9.17) is 14.8 Å². The molecule has 0 heterocycles. The third kappa shape index (κ3) is 4.88. The lowest BCUT2D eigenvalue weighted by atomic mass is 10.1. The zero-order chi connectivity index (χ0) is 13.1. The lowest BCUT2D eigenvalue weighted by molar-refractivity contribution is -0.887. The predicted octanol–water partition coefficient (Wildman–Crippen LogP) is -0.868. The fourth-order valence-corrected chi connectivity index (χ4v) is 1.73. The summed E-state index contributed by atoms with van der Waals surface area (Å²) in [6.07, 6.45) is -0.356. The average Bonchev–Trinajstić information content (AvgIpc) is 1.98. The van der Waals surface area contributed by atoms with E-state index in [1.54, 1.807) is 21.1 Å². The molecule has 96 valence electrons. The molecule has 2 unspecified atom stereocenters. The van der Waals surface area contributed by atoms with Crippen LogP contribution < -0.4 is 0 Å². The summed E-state index contributed by atoms with van der Waals surface area (Å²) in [5.41, 5.74) is -1.93. The maximum absolute atomic E-state index is 10.9. The normalized spacial score (nSPS) is 16.8. The Bertz CT molecular complexity index is 344. The molecule has 16 heavy (non-hydrogen) atoms. The number of quaternary nitrogens is 1. The van der Waals surface area contributed by atoms with Crippen LogP contribution in [-0.2, 0) is 14.9 Å². The quantitative estimate of drug-likeness (QED) is 0.421. The van der Waals surface area contributed by atoms with Crippen molar-refractivity contribution in [1.29, 1.82) is 0 Å². The summed E-state index contributed by atoms with van der Waals surface area (Å²) in [6.45, 7) is 0. The monoisotopic (exact) mass is 256 g/mol. The number of carboxylic acid groups (broad SMARTS) is 1. The van der Waals surface area contributed by atoms with Gasteiger partial charge >= 0.3 is 5.97 Å². The van der Waals surface area contributed by atoms with E-state index in [1.807, 2.05) is 0 Å². The maximum Gasteiger partial charge on any atom is 0.362 e. The van der Waals surface area contributed by atoms with Crippen LogP contribution in [0.4, 0.5) is 0 Å². The summed E-state index contributed by atoms with van der Waals surface area (Å²) in [5, 5.41) is 18.0. The van der Waals surface area contributed by atoms with Crippen molar-refractivity contribution in [3.05, 3.63) is 0 Å². The molecule has 0 aliphatic carbocycles. The standard InChI is InChI=1S/C8H17NO6S/c1-9(2,3)6(8(11)12)4-5-7(10)16(13,14)15/h6-7,10H,4-5H2,1-3H3,(H-,11,12,13,14,15)/p+1. The van der Waals surface area contributed by atoms with Gasteiger partial charge in [0.05, 0.1) is 21.1 Å². The van der Waals surface area contributed by atoms with Crippen LogP contribution in [0.5, 0.6) is 0 Å². The second kappa shape index (κ2) is 5.09. The molecule has 0 rings (SSSR count). The van der Waals surface area contributed by atoms with Gasteiger partial charge in [0.25, 0.3) is 10.1 Å². The number of aliphatic hydroxyl groups is 1. The van der Waals surface area contributed by atoms with Crippen molar-refractivity contribution < 1.29 is 32.5 Å². The van der Waals surface area contributed by atoms with Crippen molar-refractivity contribution in [2.24, 2.45) is 0 Å². The van der Waals surface area contributed by atoms with Gasteiger partial charge in [-0.3, -0.25) is 4.55 Å². The van der Waals surface area contributed by atoms with E-state index >= 15 is 0 Å². The van der Waals surface area contributed by atoms with Gasteiger partial charge in [-0.15, -0.1) is 0 Å². The first-order valence-corrected chi connectivity index (χ1v) is 6.15. The number of aliphatic hydroxyl groups excluding tert-OH is 1. The number of likely N-dealkylation sites (N-methyl/N-ethyl adjacent to an activating group) is 1. The molecular weight excluding hydrogens is 238 g/mol. The minimum absolute atomic E-state index is 0.0419. The van der Waals surface area contributed by atoms with Gasteiger partial charge in [-0.05, 0) is 6.42 Å². The van der Waals surface area contributed by atoms with E-state index in [-0.39, 0.29) is 17.3 Å². The molecule has 0 bridgehead atoms. The first kappa shape index (κ1) is 15.3. The molecular formula is C8H18NO6S+. The summed E-state index contributed by atoms with van der Waals surface area (Å²) in [4.78, 5) is 10.9. The Balaban J connectivity index is 4.53. The molecule has 0 radical (unpaired) electrons. The van der Waals surface area contributed by atoms with E-state index in [2.05, 4.69) is 0 Å². The summed E-state index contributed by atoms with van der Waals surface area (Å²) >= 11 is 0. The summed E-state index contributed by atoms with van der Waals surface area (Å²) in [7, 11) is 0.440. The third-order valence-electron chi connectivity index (χ3n) is 2.25. The van der Waals surface area contributed by atoms with Crippen molar-refractivity contribution >= 4 is 16.1 Å². The molecule has 3 N–H and O–H groups in total. The highest BCUT2D eigenvalue weighted by Gasteiger charge is 2.33. The van der Waals surface area contributed by atoms with Gasteiger partial charge < -0.3 is 14.7 Å². The highest BCUT2D eigenvalue weighted by Crippen LogP contribution is 2.14. The second-order valence-corrected chi connectivity index (χ2v) is 6.09. The fraction of sp³-hybridized carbons (Fsp3) is 0.875. The highest BCUT2D eigenvalue weighted by atomic mass is 32.2. The minimum atomic E-state index is -4.51. The van der Waals surface area contributed by atoms with Crippen LogP contribution in [0.15, 0.2) is 0 Å². The van der Waals surface area contributed by atoms with Crippen LogP contribution in [0.3, 0.4) is 0 Å². The zero-order valence-corrected chi connectivity index (χ0v) is 10.3. The molecule has 2 atom stereocenters. The topological polar surface area (TPSA) is 112 Å². The summed E-state index contributed by atoms with van der Waals surface area (Å²) < 4.78 is 29.6. The van der Waals surface area contributed by atoms with Crippen molar-refractivity contribution in [2.75, 3.05) is 21.1 Å². The van der Waals surface area contributed by atoms with E-state index in [9.17, 15) is 13.2 Å². The van der Waals surface area contributed by atoms with Crippen LogP contribution in [0.25, 0.3) is 0 Å². The molecule has 0 fully saturated rings. The first-order valence-electron chi connectivity index (χ1n) is 4.64. The average molecular weight is 256 g/mol. The first-order chi connectivity index (χ1) is 6.96. The molecule has 7 nitrogen and oxygen atoms in total. The Kier molecular flexibility index (Phi) is 4.86. The Morgan fingerprint density at radius 1 is 1.25 bits per heavy atom. The van der Waals surface area contributed by atoms with E-state index in [0.29, 0.717) is 0 Å². The van der Waals surface area contributed by atoms with Gasteiger partial charge in [0.15, 0.2) is 11.5 Å². The zero-order valence-electron chi connectivity index (χ0n) is 9.49. The van der Waals surface area contributed by atoms with Crippen molar-refractivity contribution in [3.63, 3.8) is 0 Å². The minimum Gasteiger partial charge on any atom is -0.477 e. The maximum atomic E-state index is 10.9. The number of carboxylic acids is 1. The molecule has 8 heteroatoms. The lowest BCUT2D eigenvalue weighted by Gasteiger charge is -2.31. The van der Waals surface area contributed by atoms with E-state index in [0.717, 1.165) is 0 Å². The van der Waals surface area contributed by atoms with Gasteiger partial charge in [-0.2, -0.15) is 8.42 Å². The Morgan fingerprint density at radius 2 is 1.69 bits per heavy atom. The van der Waals surface area contributed by atoms with Gasteiger partial charge in [0.1, 0.15) is 0 Å². The van der Waals surface area contributed by atoms with E-state index < -0.39 is 27.6 Å². The van der Waals surface area contributed by atoms with Crippen LogP contribution in [0, 0.1) is 0 Å². The Labute approximate surface area is 94.6 Å². The molecule has 0 spiro atoms. The molecule has 0 aliphatic heterocycles. The second-order valence-electron chi connectivity index (χ2n) is 4.52. The Hall–Kier alpha value is -0.700. The molecule has 0 aromatic heterocycles. The van der Waals surface area contributed by atoms with Gasteiger partial charge in [0, 0.05) is 6.42 Å². The van der Waals surface area contributed by atoms with Gasteiger partial charge in [-0.1, -0.05) is 0 Å². The molecule has 0 aromatic carbocycles. The number of hydrogen-bond acceptors (Lipinski definition) is 4. The number of hydrogen-bond donors (Lipinski definition) is 3. The summed E-state index contributed by atoms with van der Waals surface area (Å²) in [5.74, 6) is -1.07. The molecule has 0 saturated heterocycles. The predicted molar refractivity (Wildman–Crippen MR) is 56.2 cm³/mol. The van der Waals surface area contributed by atoms with Crippen molar-refractivity contribution in [3.8, 4) is 0 Å². The number of carbonyl (C=O) groups is 1. The van der Waals surface area contributed by atoms with Gasteiger partial charge in [0.2, 0.25) is 0 Å². The van der Waals surface area contributed by atoms with Crippen LogP contribution in [0.2, 0.25) is 0 Å². The molecule has 0 amide bonds. The van der Waals surface area contributed by atoms with Crippen LogP contribution in [0.1, 0.15) is 12.8 Å². The van der Waals surface area contributed by atoms with Crippen molar-refractivity contribution in [2.45, 2.75) is 24.3 Å². The van der Waals surface area contributed by atoms with Crippen LogP contribution >= 0.6 is 0 Å². The number of nitrogens with zero attached hydrogens (tertiary/aromatic N) is 1. The van der Waals surface area contributed by atoms with E-state index in [1.165, 1.54) is 0 Å². The molecule has 0 aliphatic rings. The SMILES string of the molecule is C[N+](C)(C)C(CCC(O)S(=O)(=O)O)C(=O)O.